The van der Waals surface area contributed by atoms with E-state index in [-0.39, 0.29) is 41.2 Å². The van der Waals surface area contributed by atoms with Gasteiger partial charge in [-0.15, -0.1) is 0 Å². The minimum Gasteiger partial charge on any atom is -0.493 e. The van der Waals surface area contributed by atoms with Crippen LogP contribution in [0.1, 0.15) is 49.6 Å². The molecule has 2 rings (SSSR count). The summed E-state index contributed by atoms with van der Waals surface area (Å²) in [4.78, 5) is 0. The Morgan fingerprint density at radius 3 is 2.54 bits per heavy atom. The molecule has 0 heterocycles. The van der Waals surface area contributed by atoms with E-state index in [0.717, 1.165) is 0 Å². The molecule has 2 aromatic rings. The summed E-state index contributed by atoms with van der Waals surface area (Å²) in [5.41, 5.74) is 0.640. The highest BCUT2D eigenvalue weighted by atomic mass is 16.5. The topological polar surface area (TPSA) is 47.9 Å². The van der Waals surface area contributed by atoms with Gasteiger partial charge in [0.1, 0.15) is 12.3 Å². The standard InChI is InChI=1S/C22H30O4/c1-16-9-11-20(13-17(16)2)26-15-19(23)8-6-5-7-18-10-12-21(24-3)22(14-18)25-4/h9-14,19,23H,5-8,15H2,1-4H3/i5D2,9D,10D,11D,12D,13D,14D,15D2. The van der Waals surface area contributed by atoms with Gasteiger partial charge in [0.25, 0.3) is 0 Å². The maximum absolute atomic E-state index is 10.5. The molecule has 0 fully saturated rings. The molecular weight excluding hydrogens is 328 g/mol. The van der Waals surface area contributed by atoms with Gasteiger partial charge in [0.2, 0.25) is 0 Å². The Labute approximate surface area is 170 Å². The number of aliphatic hydroxyl groups excluding tert-OH is 1. The molecule has 0 bridgehead atoms. The first-order chi connectivity index (χ1) is 16.5. The number of rotatable bonds is 10. The van der Waals surface area contributed by atoms with E-state index in [9.17, 15) is 5.11 Å². The van der Waals surface area contributed by atoms with Gasteiger partial charge >= 0.3 is 0 Å². The van der Waals surface area contributed by atoms with Crippen LogP contribution in [-0.2, 0) is 6.42 Å². The van der Waals surface area contributed by atoms with Gasteiger partial charge < -0.3 is 19.3 Å². The fraction of sp³-hybridized carbons (Fsp3) is 0.455. The van der Waals surface area contributed by atoms with Crippen LogP contribution in [0.4, 0.5) is 0 Å². The third-order valence-corrected chi connectivity index (χ3v) is 3.63. The predicted molar refractivity (Wildman–Crippen MR) is 105 cm³/mol. The molecule has 1 atom stereocenters. The van der Waals surface area contributed by atoms with Gasteiger partial charge in [-0.2, -0.15) is 0 Å². The first kappa shape index (κ1) is 10.2. The maximum atomic E-state index is 10.5. The van der Waals surface area contributed by atoms with Crippen molar-refractivity contribution in [2.75, 3.05) is 20.8 Å². The summed E-state index contributed by atoms with van der Waals surface area (Å²) in [7, 11) is 2.53. The lowest BCUT2D eigenvalue weighted by molar-refractivity contribution is 0.0976. The van der Waals surface area contributed by atoms with Gasteiger partial charge in [0, 0.05) is 2.74 Å². The van der Waals surface area contributed by atoms with Crippen LogP contribution in [0.15, 0.2) is 36.3 Å². The Morgan fingerprint density at radius 2 is 1.81 bits per heavy atom. The van der Waals surface area contributed by atoms with Gasteiger partial charge in [-0.25, -0.2) is 0 Å². The molecule has 0 saturated heterocycles. The molecular formula is C22H30O4. The Kier molecular flexibility index (Phi) is 3.96. The van der Waals surface area contributed by atoms with E-state index in [2.05, 4.69) is 0 Å². The summed E-state index contributed by atoms with van der Waals surface area (Å²) in [6.45, 7) is 0.310. The summed E-state index contributed by atoms with van der Waals surface area (Å²) in [5, 5.41) is 10.5. The van der Waals surface area contributed by atoms with Crippen LogP contribution >= 0.6 is 0 Å². The smallest absolute Gasteiger partial charge is 0.160 e. The maximum Gasteiger partial charge on any atom is 0.160 e. The van der Waals surface area contributed by atoms with E-state index in [1.54, 1.807) is 13.8 Å². The summed E-state index contributed by atoms with van der Waals surface area (Å²) >= 11 is 0. The third kappa shape index (κ3) is 5.95. The average Bonchev–Trinajstić information content (AvgIpc) is 2.82. The Bertz CT molecular complexity index is 1110. The van der Waals surface area contributed by atoms with Crippen LogP contribution in [0.25, 0.3) is 0 Å². The quantitative estimate of drug-likeness (QED) is 0.672. The van der Waals surface area contributed by atoms with Crippen LogP contribution in [0.5, 0.6) is 17.2 Å². The molecule has 0 saturated carbocycles. The molecule has 1 unspecified atom stereocenters. The van der Waals surface area contributed by atoms with Crippen molar-refractivity contribution in [2.45, 2.75) is 45.6 Å². The highest BCUT2D eigenvalue weighted by Crippen LogP contribution is 2.28. The molecule has 0 aromatic heterocycles. The molecule has 0 radical (unpaired) electrons. The van der Waals surface area contributed by atoms with Crippen molar-refractivity contribution in [3.63, 3.8) is 0 Å². The van der Waals surface area contributed by atoms with Crippen molar-refractivity contribution in [1.82, 2.24) is 0 Å². The predicted octanol–water partition coefficient (Wildman–Crippen LogP) is 4.47. The Balaban J connectivity index is 2.23. The molecule has 142 valence electrons. The SMILES string of the molecule is [2H]c1c([2H])c(OC([2H])([2H])C(O)CCC([2H])([2H])Cc2c([2H])c([2H])c(OC)c(OC)c2[2H])c([2H])c(C)c1C. The zero-order valence-electron chi connectivity index (χ0n) is 25.4. The summed E-state index contributed by atoms with van der Waals surface area (Å²) in [6, 6.07) is -2.04. The number of methoxy groups -OCH3 is 2. The minimum absolute atomic E-state index is 0.0906. The Morgan fingerprint density at radius 1 is 1.04 bits per heavy atom. The van der Waals surface area contributed by atoms with E-state index in [0.29, 0.717) is 11.1 Å². The molecule has 0 amide bonds. The fourth-order valence-electron chi connectivity index (χ4n) is 2.02. The van der Waals surface area contributed by atoms with Crippen LogP contribution < -0.4 is 14.2 Å². The van der Waals surface area contributed by atoms with Crippen LogP contribution in [0, 0.1) is 13.8 Å². The lowest BCUT2D eigenvalue weighted by atomic mass is 10.0. The zero-order chi connectivity index (χ0) is 27.7. The second-order valence-corrected chi connectivity index (χ2v) is 5.58. The number of hydrogen-bond donors (Lipinski definition) is 1. The summed E-state index contributed by atoms with van der Waals surface area (Å²) in [5.74, 6) is -0.697. The largest absolute Gasteiger partial charge is 0.493 e. The van der Waals surface area contributed by atoms with Crippen molar-refractivity contribution >= 4 is 0 Å². The summed E-state index contributed by atoms with van der Waals surface area (Å²) < 4.78 is 96.9. The molecule has 4 nitrogen and oxygen atoms in total. The number of ether oxygens (including phenoxy) is 3. The van der Waals surface area contributed by atoms with E-state index >= 15 is 0 Å². The van der Waals surface area contributed by atoms with Crippen molar-refractivity contribution in [3.8, 4) is 17.2 Å². The highest BCUT2D eigenvalue weighted by Gasteiger charge is 2.07. The zero-order valence-corrected chi connectivity index (χ0v) is 15.4. The average molecular weight is 369 g/mol. The van der Waals surface area contributed by atoms with Crippen molar-refractivity contribution in [1.29, 1.82) is 0 Å². The molecule has 0 aliphatic carbocycles. The molecule has 2 aromatic carbocycles. The molecule has 4 heteroatoms. The molecule has 0 spiro atoms. The first-order valence-corrected chi connectivity index (χ1v) is 8.15. The van der Waals surface area contributed by atoms with E-state index in [1.807, 2.05) is 0 Å². The van der Waals surface area contributed by atoms with Crippen molar-refractivity contribution < 1.29 is 33.0 Å². The highest BCUT2D eigenvalue weighted by molar-refractivity contribution is 5.42. The lowest BCUT2D eigenvalue weighted by Gasteiger charge is -2.13. The van der Waals surface area contributed by atoms with Crippen LogP contribution in [-0.4, -0.2) is 32.0 Å². The minimum atomic E-state index is -2.80. The molecule has 26 heavy (non-hydrogen) atoms. The second kappa shape index (κ2) is 10.1. The van der Waals surface area contributed by atoms with E-state index in [1.165, 1.54) is 14.2 Å². The fourth-order valence-corrected chi connectivity index (χ4v) is 2.02. The summed E-state index contributed by atoms with van der Waals surface area (Å²) in [6.07, 6.45) is -5.26. The second-order valence-electron chi connectivity index (χ2n) is 5.58. The molecule has 1 N–H and O–H groups in total. The normalized spacial score (nSPS) is 18.5. The molecule has 0 aliphatic rings. The van der Waals surface area contributed by atoms with Gasteiger partial charge in [-0.3, -0.25) is 0 Å². The molecule has 0 aliphatic heterocycles. The third-order valence-electron chi connectivity index (χ3n) is 3.63. The van der Waals surface area contributed by atoms with Gasteiger partial charge in [-0.1, -0.05) is 18.5 Å². The van der Waals surface area contributed by atoms with Crippen molar-refractivity contribution in [3.05, 3.63) is 52.9 Å². The number of hydrogen-bond acceptors (Lipinski definition) is 4. The van der Waals surface area contributed by atoms with Crippen LogP contribution in [0.2, 0.25) is 0 Å². The van der Waals surface area contributed by atoms with E-state index in [4.69, 9.17) is 27.9 Å². The monoisotopic (exact) mass is 368 g/mol. The first-order valence-electron chi connectivity index (χ1n) is 13.1. The van der Waals surface area contributed by atoms with Gasteiger partial charge in [0.15, 0.2) is 11.5 Å². The number of benzene rings is 2. The Hall–Kier alpha value is -2.20. The lowest BCUT2D eigenvalue weighted by Crippen LogP contribution is -2.17. The van der Waals surface area contributed by atoms with Crippen molar-refractivity contribution in [2.24, 2.45) is 0 Å². The number of aliphatic hydroxyl groups is 1. The van der Waals surface area contributed by atoms with Gasteiger partial charge in [-0.05, 0) is 73.9 Å². The van der Waals surface area contributed by atoms with Crippen LogP contribution in [0.3, 0.4) is 0 Å². The van der Waals surface area contributed by atoms with Gasteiger partial charge in [0.05, 0.1) is 31.3 Å². The van der Waals surface area contributed by atoms with E-state index < -0.39 is 56.1 Å².